The Kier molecular flexibility index (Phi) is 4.74. The lowest BCUT2D eigenvalue weighted by atomic mass is 10.0. The van der Waals surface area contributed by atoms with Crippen molar-refractivity contribution in [2.75, 3.05) is 31.6 Å². The number of nitrogens with zero attached hydrogens (tertiary/aromatic N) is 1. The van der Waals surface area contributed by atoms with E-state index in [0.29, 0.717) is 18.8 Å². The van der Waals surface area contributed by atoms with E-state index >= 15 is 0 Å². The molecule has 4 nitrogen and oxygen atoms in total. The van der Waals surface area contributed by atoms with Gasteiger partial charge in [0.25, 0.3) is 0 Å². The second kappa shape index (κ2) is 6.52. The minimum atomic E-state index is -0.204. The molecule has 0 aliphatic carbocycles. The molecule has 1 amide bonds. The van der Waals surface area contributed by atoms with Gasteiger partial charge >= 0.3 is 0 Å². The van der Waals surface area contributed by atoms with Crippen LogP contribution < -0.4 is 15.5 Å². The molecule has 104 valence electrons. The molecule has 0 saturated carbocycles. The topological polar surface area (TPSA) is 44.4 Å². The van der Waals surface area contributed by atoms with Gasteiger partial charge in [-0.1, -0.05) is 12.1 Å². The van der Waals surface area contributed by atoms with E-state index in [9.17, 15) is 9.18 Å². The Morgan fingerprint density at radius 2 is 2.26 bits per heavy atom. The number of carbonyl (C=O) groups is 1. The van der Waals surface area contributed by atoms with Crippen LogP contribution in [0.3, 0.4) is 0 Å². The highest BCUT2D eigenvalue weighted by atomic mass is 19.1. The van der Waals surface area contributed by atoms with Crippen LogP contribution >= 0.6 is 0 Å². The number of halogens is 1. The Labute approximate surface area is 113 Å². The summed E-state index contributed by atoms with van der Waals surface area (Å²) in [4.78, 5) is 13.6. The van der Waals surface area contributed by atoms with Crippen LogP contribution in [0.4, 0.5) is 10.1 Å². The van der Waals surface area contributed by atoms with E-state index in [-0.39, 0.29) is 17.8 Å². The van der Waals surface area contributed by atoms with Crippen molar-refractivity contribution in [3.63, 3.8) is 0 Å². The molecule has 2 rings (SSSR count). The van der Waals surface area contributed by atoms with E-state index in [1.165, 1.54) is 6.07 Å². The third-order valence-electron chi connectivity index (χ3n) is 3.32. The molecule has 0 aromatic heterocycles. The molecule has 1 aliphatic heterocycles. The van der Waals surface area contributed by atoms with E-state index in [1.54, 1.807) is 19.2 Å². The maximum atomic E-state index is 13.7. The SMILES string of the molecule is CNCC(=O)NC1CCCN(c2ccccc2F)C1. The number of piperidine rings is 1. The van der Waals surface area contributed by atoms with Gasteiger partial charge in [-0.2, -0.15) is 0 Å². The average Bonchev–Trinajstić information content (AvgIpc) is 2.40. The fourth-order valence-corrected chi connectivity index (χ4v) is 2.46. The summed E-state index contributed by atoms with van der Waals surface area (Å²) in [5, 5.41) is 5.80. The summed E-state index contributed by atoms with van der Waals surface area (Å²) in [6.07, 6.45) is 1.90. The first kappa shape index (κ1) is 13.8. The number of likely N-dealkylation sites (N-methyl/N-ethyl adjacent to an activating group) is 1. The van der Waals surface area contributed by atoms with E-state index in [2.05, 4.69) is 10.6 Å². The van der Waals surface area contributed by atoms with Crippen LogP contribution in [0.1, 0.15) is 12.8 Å². The molecule has 0 spiro atoms. The highest BCUT2D eigenvalue weighted by Gasteiger charge is 2.22. The van der Waals surface area contributed by atoms with Crippen LogP contribution in [-0.2, 0) is 4.79 Å². The lowest BCUT2D eigenvalue weighted by molar-refractivity contribution is -0.120. The molecule has 5 heteroatoms. The number of anilines is 1. The Balaban J connectivity index is 1.97. The molecular formula is C14H20FN3O. The van der Waals surface area contributed by atoms with Gasteiger partial charge in [-0.3, -0.25) is 4.79 Å². The molecule has 0 bridgehead atoms. The molecule has 1 aromatic carbocycles. The van der Waals surface area contributed by atoms with Crippen molar-refractivity contribution in [1.82, 2.24) is 10.6 Å². The lowest BCUT2D eigenvalue weighted by Gasteiger charge is -2.34. The largest absolute Gasteiger partial charge is 0.367 e. The van der Waals surface area contributed by atoms with Crippen molar-refractivity contribution >= 4 is 11.6 Å². The second-order valence-corrected chi connectivity index (χ2v) is 4.83. The smallest absolute Gasteiger partial charge is 0.234 e. The average molecular weight is 265 g/mol. The lowest BCUT2D eigenvalue weighted by Crippen LogP contribution is -2.49. The van der Waals surface area contributed by atoms with Gasteiger partial charge in [-0.25, -0.2) is 4.39 Å². The third kappa shape index (κ3) is 3.67. The van der Waals surface area contributed by atoms with Crippen molar-refractivity contribution < 1.29 is 9.18 Å². The molecule has 1 heterocycles. The van der Waals surface area contributed by atoms with Crippen LogP contribution in [0.5, 0.6) is 0 Å². The van der Waals surface area contributed by atoms with Crippen molar-refractivity contribution in [1.29, 1.82) is 0 Å². The Morgan fingerprint density at radius 3 is 3.00 bits per heavy atom. The quantitative estimate of drug-likeness (QED) is 0.858. The summed E-state index contributed by atoms with van der Waals surface area (Å²) in [5.41, 5.74) is 0.620. The fourth-order valence-electron chi connectivity index (χ4n) is 2.46. The number of benzene rings is 1. The zero-order valence-corrected chi connectivity index (χ0v) is 11.2. The zero-order chi connectivity index (χ0) is 13.7. The van der Waals surface area contributed by atoms with Gasteiger partial charge in [-0.05, 0) is 32.0 Å². The summed E-state index contributed by atoms with van der Waals surface area (Å²) in [6.45, 7) is 1.81. The summed E-state index contributed by atoms with van der Waals surface area (Å²) >= 11 is 0. The first-order valence-electron chi connectivity index (χ1n) is 6.64. The van der Waals surface area contributed by atoms with Gasteiger partial charge in [0.1, 0.15) is 5.82 Å². The van der Waals surface area contributed by atoms with E-state index in [1.807, 2.05) is 11.0 Å². The van der Waals surface area contributed by atoms with E-state index < -0.39 is 0 Å². The highest BCUT2D eigenvalue weighted by molar-refractivity contribution is 5.78. The number of para-hydroxylation sites is 1. The Hall–Kier alpha value is -1.62. The maximum absolute atomic E-state index is 13.7. The van der Waals surface area contributed by atoms with Gasteiger partial charge in [0.2, 0.25) is 5.91 Å². The second-order valence-electron chi connectivity index (χ2n) is 4.83. The van der Waals surface area contributed by atoms with Gasteiger partial charge in [-0.15, -0.1) is 0 Å². The molecule has 19 heavy (non-hydrogen) atoms. The normalized spacial score (nSPS) is 19.3. The van der Waals surface area contributed by atoms with Crippen LogP contribution in [-0.4, -0.2) is 38.6 Å². The first-order valence-corrected chi connectivity index (χ1v) is 6.64. The molecular weight excluding hydrogens is 245 g/mol. The fraction of sp³-hybridized carbons (Fsp3) is 0.500. The molecule has 1 saturated heterocycles. The summed E-state index contributed by atoms with van der Waals surface area (Å²) in [5.74, 6) is -0.215. The number of nitrogens with one attached hydrogen (secondary N) is 2. The highest BCUT2D eigenvalue weighted by Crippen LogP contribution is 2.22. The maximum Gasteiger partial charge on any atom is 0.234 e. The Bertz CT molecular complexity index is 438. The molecule has 0 radical (unpaired) electrons. The number of hydrogen-bond donors (Lipinski definition) is 2. The monoisotopic (exact) mass is 265 g/mol. The molecule has 2 N–H and O–H groups in total. The summed E-state index contributed by atoms with van der Waals surface area (Å²) in [7, 11) is 1.74. The number of rotatable bonds is 4. The Morgan fingerprint density at radius 1 is 1.47 bits per heavy atom. The minimum Gasteiger partial charge on any atom is -0.367 e. The molecule has 1 atom stereocenters. The molecule has 1 unspecified atom stereocenters. The van der Waals surface area contributed by atoms with Crippen molar-refractivity contribution in [3.05, 3.63) is 30.1 Å². The van der Waals surface area contributed by atoms with Crippen LogP contribution in [0.15, 0.2) is 24.3 Å². The number of hydrogen-bond acceptors (Lipinski definition) is 3. The van der Waals surface area contributed by atoms with Gasteiger partial charge in [0, 0.05) is 19.1 Å². The predicted molar refractivity (Wildman–Crippen MR) is 73.7 cm³/mol. The number of amides is 1. The first-order chi connectivity index (χ1) is 9.20. The minimum absolute atomic E-state index is 0.0112. The van der Waals surface area contributed by atoms with Crippen molar-refractivity contribution in [3.8, 4) is 0 Å². The summed E-state index contributed by atoms with van der Waals surface area (Å²) in [6, 6.07) is 6.87. The van der Waals surface area contributed by atoms with Crippen molar-refractivity contribution in [2.24, 2.45) is 0 Å². The molecule has 1 aromatic rings. The zero-order valence-electron chi connectivity index (χ0n) is 11.2. The van der Waals surface area contributed by atoms with Gasteiger partial charge in [0.05, 0.1) is 12.2 Å². The molecule has 1 aliphatic rings. The van der Waals surface area contributed by atoms with Crippen LogP contribution in [0.25, 0.3) is 0 Å². The standard InChI is InChI=1S/C14H20FN3O/c1-16-9-14(19)17-11-5-4-8-18(10-11)13-7-3-2-6-12(13)15/h2-3,6-7,11,16H,4-5,8-10H2,1H3,(H,17,19). The van der Waals surface area contributed by atoms with Gasteiger partial charge < -0.3 is 15.5 Å². The predicted octanol–water partition coefficient (Wildman–Crippen LogP) is 1.13. The summed E-state index contributed by atoms with van der Waals surface area (Å²) < 4.78 is 13.7. The molecule has 1 fully saturated rings. The van der Waals surface area contributed by atoms with Crippen molar-refractivity contribution in [2.45, 2.75) is 18.9 Å². The van der Waals surface area contributed by atoms with E-state index in [0.717, 1.165) is 19.4 Å². The van der Waals surface area contributed by atoms with E-state index in [4.69, 9.17) is 0 Å². The number of carbonyl (C=O) groups excluding carboxylic acids is 1. The van der Waals surface area contributed by atoms with Crippen LogP contribution in [0.2, 0.25) is 0 Å². The third-order valence-corrected chi connectivity index (χ3v) is 3.32. The van der Waals surface area contributed by atoms with Gasteiger partial charge in [0.15, 0.2) is 0 Å². The van der Waals surface area contributed by atoms with Crippen LogP contribution in [0, 0.1) is 5.82 Å².